The lowest BCUT2D eigenvalue weighted by Gasteiger charge is -2.19. The third-order valence-electron chi connectivity index (χ3n) is 7.06. The Morgan fingerprint density at radius 1 is 1.02 bits per heavy atom. The van der Waals surface area contributed by atoms with Crippen LogP contribution in [0.4, 0.5) is 0 Å². The number of carbonyl (C=O) groups is 1. The summed E-state index contributed by atoms with van der Waals surface area (Å²) in [5.74, 6) is 2.40. The molecule has 210 valence electrons. The first-order valence-corrected chi connectivity index (χ1v) is 14.5. The number of nitrogens with zero attached hydrogens (tertiary/aromatic N) is 8. The lowest BCUT2D eigenvalue weighted by Crippen LogP contribution is -2.24. The molecule has 0 N–H and O–H groups in total. The molecule has 6 aromatic rings. The van der Waals surface area contributed by atoms with Gasteiger partial charge in [0.2, 0.25) is 11.7 Å². The van der Waals surface area contributed by atoms with Crippen LogP contribution in [0.3, 0.4) is 0 Å². The van der Waals surface area contributed by atoms with Crippen LogP contribution in [0.1, 0.15) is 43.2 Å². The molecule has 1 aliphatic rings. The van der Waals surface area contributed by atoms with Crippen LogP contribution in [0.2, 0.25) is 0 Å². The second-order valence-corrected chi connectivity index (χ2v) is 11.3. The number of ether oxygens (including phenoxy) is 1. The first-order chi connectivity index (χ1) is 20.5. The van der Waals surface area contributed by atoms with Crippen LogP contribution < -0.4 is 4.74 Å². The average molecular weight is 579 g/mol. The molecule has 0 atom stereocenters. The Morgan fingerprint density at radius 3 is 2.60 bits per heavy atom. The van der Waals surface area contributed by atoms with Crippen LogP contribution in [0, 0.1) is 0 Å². The lowest BCUT2D eigenvalue weighted by molar-refractivity contribution is -0.128. The van der Waals surface area contributed by atoms with E-state index in [1.165, 1.54) is 0 Å². The smallest absolute Gasteiger partial charge is 0.280 e. The minimum atomic E-state index is 0.149. The van der Waals surface area contributed by atoms with E-state index >= 15 is 0 Å². The average Bonchev–Trinajstić information content (AvgIpc) is 3.82. The summed E-state index contributed by atoms with van der Waals surface area (Å²) in [6, 6.07) is 13.5. The van der Waals surface area contributed by atoms with Gasteiger partial charge in [0.05, 0.1) is 0 Å². The highest BCUT2D eigenvalue weighted by atomic mass is 32.1. The number of amides is 1. The molecule has 1 saturated heterocycles. The standard InChI is InChI=1S/C30H26N8O3S/c1-18(2)29-34-35-30(42-29)19-7-9-22(10-8-19)40-23-16-20(5-6-21(23)17-38-13-3-4-24(38)39)26-33-28(41-36-26)25-27-32-12-15-37(27)14-11-31-25/h5-12,14-16,18H,3-4,13,17H2,1-2H3. The maximum Gasteiger partial charge on any atom is 0.280 e. The zero-order chi connectivity index (χ0) is 28.6. The number of imidazole rings is 1. The van der Waals surface area contributed by atoms with E-state index in [-0.39, 0.29) is 11.8 Å². The van der Waals surface area contributed by atoms with Gasteiger partial charge in [-0.1, -0.05) is 42.5 Å². The minimum absolute atomic E-state index is 0.149. The van der Waals surface area contributed by atoms with Crippen molar-refractivity contribution in [3.05, 3.63) is 77.8 Å². The molecular formula is C30H26N8O3S. The molecule has 0 aliphatic carbocycles. The number of aromatic nitrogens is 7. The van der Waals surface area contributed by atoms with Crippen LogP contribution in [-0.4, -0.2) is 52.1 Å². The monoisotopic (exact) mass is 578 g/mol. The number of fused-ring (bicyclic) bond motifs is 1. The largest absolute Gasteiger partial charge is 0.457 e. The number of carbonyl (C=O) groups excluding carboxylic acids is 1. The van der Waals surface area contributed by atoms with E-state index in [9.17, 15) is 4.79 Å². The Hall–Kier alpha value is -4.97. The fraction of sp³-hybridized carbons (Fsp3) is 0.233. The van der Waals surface area contributed by atoms with Gasteiger partial charge in [-0.05, 0) is 36.8 Å². The van der Waals surface area contributed by atoms with Crippen molar-refractivity contribution < 1.29 is 14.1 Å². The van der Waals surface area contributed by atoms with Crippen molar-refractivity contribution in [2.75, 3.05) is 6.54 Å². The van der Waals surface area contributed by atoms with Gasteiger partial charge in [0.1, 0.15) is 21.5 Å². The summed E-state index contributed by atoms with van der Waals surface area (Å²) >= 11 is 1.59. The summed E-state index contributed by atoms with van der Waals surface area (Å²) in [5.41, 5.74) is 3.69. The number of hydrogen-bond acceptors (Lipinski definition) is 10. The summed E-state index contributed by atoms with van der Waals surface area (Å²) in [5, 5.41) is 14.7. The molecule has 11 nitrogen and oxygen atoms in total. The Balaban J connectivity index is 1.19. The van der Waals surface area contributed by atoms with Crippen LogP contribution in [0.15, 0.2) is 71.8 Å². The molecule has 0 unspecified atom stereocenters. The fourth-order valence-electron chi connectivity index (χ4n) is 4.82. The van der Waals surface area contributed by atoms with E-state index in [0.29, 0.717) is 53.1 Å². The van der Waals surface area contributed by atoms with Gasteiger partial charge in [0.25, 0.3) is 5.89 Å². The van der Waals surface area contributed by atoms with Crippen molar-refractivity contribution in [3.8, 4) is 45.0 Å². The molecule has 42 heavy (non-hydrogen) atoms. The van der Waals surface area contributed by atoms with E-state index in [4.69, 9.17) is 9.26 Å². The number of benzene rings is 2. The summed E-state index contributed by atoms with van der Waals surface area (Å²) < 4.78 is 13.8. The van der Waals surface area contributed by atoms with Crippen molar-refractivity contribution in [2.45, 2.75) is 39.2 Å². The predicted molar refractivity (Wildman–Crippen MR) is 156 cm³/mol. The Kier molecular flexibility index (Phi) is 6.67. The molecule has 0 radical (unpaired) electrons. The Bertz CT molecular complexity index is 1890. The van der Waals surface area contributed by atoms with Gasteiger partial charge in [-0.25, -0.2) is 9.97 Å². The van der Waals surface area contributed by atoms with Crippen molar-refractivity contribution in [1.29, 1.82) is 0 Å². The summed E-state index contributed by atoms with van der Waals surface area (Å²) in [6.07, 6.45) is 8.42. The summed E-state index contributed by atoms with van der Waals surface area (Å²) in [4.78, 5) is 27.6. The van der Waals surface area contributed by atoms with Gasteiger partial charge in [0.15, 0.2) is 11.3 Å². The molecule has 1 fully saturated rings. The van der Waals surface area contributed by atoms with Crippen LogP contribution in [0.25, 0.3) is 39.2 Å². The predicted octanol–water partition coefficient (Wildman–Crippen LogP) is 6.00. The third kappa shape index (κ3) is 5.00. The van der Waals surface area contributed by atoms with Crippen LogP contribution in [-0.2, 0) is 11.3 Å². The van der Waals surface area contributed by atoms with E-state index in [1.54, 1.807) is 29.9 Å². The van der Waals surface area contributed by atoms with Gasteiger partial charge in [-0.2, -0.15) is 4.98 Å². The van der Waals surface area contributed by atoms with Gasteiger partial charge >= 0.3 is 0 Å². The zero-order valence-electron chi connectivity index (χ0n) is 23.0. The second kappa shape index (κ2) is 10.8. The Labute approximate surface area is 244 Å². The van der Waals surface area contributed by atoms with E-state index in [0.717, 1.165) is 34.1 Å². The minimum Gasteiger partial charge on any atom is -0.457 e. The van der Waals surface area contributed by atoms with E-state index in [2.05, 4.69) is 44.2 Å². The lowest BCUT2D eigenvalue weighted by atomic mass is 10.1. The van der Waals surface area contributed by atoms with E-state index < -0.39 is 0 Å². The summed E-state index contributed by atoms with van der Waals surface area (Å²) in [6.45, 7) is 5.40. The number of hydrogen-bond donors (Lipinski definition) is 0. The number of rotatable bonds is 8. The molecule has 2 aromatic carbocycles. The van der Waals surface area contributed by atoms with Crippen molar-refractivity contribution >= 4 is 22.9 Å². The highest BCUT2D eigenvalue weighted by Crippen LogP contribution is 2.34. The molecule has 5 heterocycles. The van der Waals surface area contributed by atoms with E-state index in [1.807, 2.05) is 58.0 Å². The molecule has 1 amide bonds. The van der Waals surface area contributed by atoms with Crippen molar-refractivity contribution in [1.82, 2.24) is 39.6 Å². The maximum atomic E-state index is 12.4. The second-order valence-electron chi connectivity index (χ2n) is 10.3. The topological polar surface area (TPSA) is 124 Å². The first kappa shape index (κ1) is 26.0. The molecule has 4 aromatic heterocycles. The zero-order valence-corrected chi connectivity index (χ0v) is 23.8. The fourth-order valence-corrected chi connectivity index (χ4v) is 5.67. The molecule has 0 saturated carbocycles. The van der Waals surface area contributed by atoms with Gasteiger partial charge < -0.3 is 18.6 Å². The maximum absolute atomic E-state index is 12.4. The van der Waals surface area contributed by atoms with Gasteiger partial charge in [-0.3, -0.25) is 4.79 Å². The highest BCUT2D eigenvalue weighted by molar-refractivity contribution is 7.14. The molecule has 0 bridgehead atoms. The summed E-state index contributed by atoms with van der Waals surface area (Å²) in [7, 11) is 0. The Morgan fingerprint density at radius 2 is 1.83 bits per heavy atom. The molecule has 12 heteroatoms. The van der Waals surface area contributed by atoms with Crippen molar-refractivity contribution in [2.24, 2.45) is 0 Å². The quantitative estimate of drug-likeness (QED) is 0.214. The van der Waals surface area contributed by atoms with Gasteiger partial charge in [0, 0.05) is 66.9 Å². The molecular weight excluding hydrogens is 552 g/mol. The number of likely N-dealkylation sites (tertiary alicyclic amines) is 1. The highest BCUT2D eigenvalue weighted by Gasteiger charge is 2.23. The van der Waals surface area contributed by atoms with Crippen LogP contribution in [0.5, 0.6) is 11.5 Å². The third-order valence-corrected chi connectivity index (χ3v) is 8.33. The SMILES string of the molecule is CC(C)c1nnc(-c2ccc(Oc3cc(-c4noc(-c5nccn6ccnc56)n4)ccc3CN3CCCC3=O)cc2)s1. The molecule has 7 rings (SSSR count). The molecule has 1 aliphatic heterocycles. The molecule has 0 spiro atoms. The van der Waals surface area contributed by atoms with Crippen LogP contribution >= 0.6 is 11.3 Å². The normalized spacial score (nSPS) is 13.5. The first-order valence-electron chi connectivity index (χ1n) is 13.7. The van der Waals surface area contributed by atoms with Crippen molar-refractivity contribution in [3.63, 3.8) is 0 Å². The van der Waals surface area contributed by atoms with Gasteiger partial charge in [-0.15, -0.1) is 10.2 Å².